The Kier molecular flexibility index (Phi) is 6.10. The molecule has 1 heterocycles. The number of rotatable bonds is 8. The zero-order chi connectivity index (χ0) is 20.4. The van der Waals surface area contributed by atoms with E-state index in [-0.39, 0.29) is 5.82 Å². The Balaban J connectivity index is 2.03. The summed E-state index contributed by atoms with van der Waals surface area (Å²) in [6.45, 7) is 3.40. The normalized spacial score (nSPS) is 19.2. The van der Waals surface area contributed by atoms with E-state index in [0.717, 1.165) is 16.3 Å². The molecular weight excluding hydrogens is 381 g/mol. The molecule has 0 saturated heterocycles. The van der Waals surface area contributed by atoms with E-state index in [1.165, 1.54) is 19.4 Å². The van der Waals surface area contributed by atoms with Crippen molar-refractivity contribution in [1.82, 2.24) is 4.98 Å². The fraction of sp³-hybridized carbons (Fsp3) is 0.400. The summed E-state index contributed by atoms with van der Waals surface area (Å²) >= 11 is -1.54. The van der Waals surface area contributed by atoms with Crippen LogP contribution in [0.2, 0.25) is 0 Å². The Bertz CT molecular complexity index is 850. The van der Waals surface area contributed by atoms with Crippen LogP contribution in [0, 0.1) is 17.7 Å². The van der Waals surface area contributed by atoms with Gasteiger partial charge in [-0.15, -0.1) is 0 Å². The molecule has 1 saturated carbocycles. The minimum atomic E-state index is -1.54. The largest absolute Gasteiger partial charge is 0.593 e. The van der Waals surface area contributed by atoms with E-state index in [9.17, 15) is 18.8 Å². The zero-order valence-corrected chi connectivity index (χ0v) is 16.9. The van der Waals surface area contributed by atoms with Crippen LogP contribution in [0.1, 0.15) is 29.3 Å². The quantitative estimate of drug-likeness (QED) is 0.679. The second-order valence-corrected chi connectivity index (χ2v) is 8.63. The molecule has 0 amide bonds. The predicted molar refractivity (Wildman–Crippen MR) is 108 cm³/mol. The summed E-state index contributed by atoms with van der Waals surface area (Å²) in [6.07, 6.45) is 2.49. The number of carboxylic acid groups (broad SMARTS) is 1. The second kappa shape index (κ2) is 8.36. The van der Waals surface area contributed by atoms with Gasteiger partial charge in [-0.3, -0.25) is 0 Å². The Morgan fingerprint density at radius 2 is 2.04 bits per heavy atom. The lowest BCUT2D eigenvalue weighted by Crippen LogP contribution is -2.31. The Morgan fingerprint density at radius 1 is 1.39 bits per heavy atom. The van der Waals surface area contributed by atoms with Crippen molar-refractivity contribution in [2.75, 3.05) is 29.1 Å². The van der Waals surface area contributed by atoms with Crippen LogP contribution in [-0.2, 0) is 17.9 Å². The SMILES string of the molecule is CC1CC1CN(Cc1ccccc1)c1cc(C(=O)O)c(F)c(N(C)[S+](C)[O-])n1. The number of aromatic nitrogens is 1. The highest BCUT2D eigenvalue weighted by Crippen LogP contribution is 2.39. The van der Waals surface area contributed by atoms with Crippen molar-refractivity contribution < 1.29 is 18.8 Å². The van der Waals surface area contributed by atoms with Crippen molar-refractivity contribution in [2.24, 2.45) is 11.8 Å². The van der Waals surface area contributed by atoms with Gasteiger partial charge in [0.2, 0.25) is 5.82 Å². The standard InChI is InChI=1S/C20H24FN3O3S/c1-13-9-15(13)12-24(11-14-7-5-4-6-8-14)17-10-16(20(25)26)18(21)19(22-17)23(2)28(3)27/h4-8,10,13,15H,9,11-12H2,1-3H3,(H,25,26). The van der Waals surface area contributed by atoms with Crippen molar-refractivity contribution in [1.29, 1.82) is 0 Å². The van der Waals surface area contributed by atoms with Crippen LogP contribution in [0.4, 0.5) is 16.0 Å². The molecule has 3 rings (SSSR count). The number of hydrogen-bond acceptors (Lipinski definition) is 5. The second-order valence-electron chi connectivity index (χ2n) is 7.23. The molecule has 3 atom stereocenters. The van der Waals surface area contributed by atoms with Gasteiger partial charge in [-0.25, -0.2) is 14.2 Å². The molecule has 150 valence electrons. The van der Waals surface area contributed by atoms with Crippen LogP contribution < -0.4 is 9.21 Å². The van der Waals surface area contributed by atoms with E-state index < -0.39 is 28.7 Å². The fourth-order valence-corrected chi connectivity index (χ4v) is 3.49. The molecule has 1 N–H and O–H groups in total. The third kappa shape index (κ3) is 4.56. The molecular formula is C20H24FN3O3S. The lowest BCUT2D eigenvalue weighted by molar-refractivity contribution is 0.0692. The molecule has 0 bridgehead atoms. The number of carbonyl (C=O) groups is 1. The minimum absolute atomic E-state index is 0.224. The topological polar surface area (TPSA) is 79.7 Å². The molecule has 1 fully saturated rings. The Labute approximate surface area is 167 Å². The number of anilines is 2. The van der Waals surface area contributed by atoms with E-state index in [4.69, 9.17) is 0 Å². The lowest BCUT2D eigenvalue weighted by atomic mass is 10.1. The van der Waals surface area contributed by atoms with Gasteiger partial charge < -0.3 is 14.6 Å². The van der Waals surface area contributed by atoms with Crippen molar-refractivity contribution >= 4 is 29.0 Å². The molecule has 2 aromatic rings. The highest BCUT2D eigenvalue weighted by Gasteiger charge is 2.35. The molecule has 1 aliphatic rings. The maximum Gasteiger partial charge on any atom is 0.338 e. The van der Waals surface area contributed by atoms with Gasteiger partial charge in [0.25, 0.3) is 0 Å². The van der Waals surface area contributed by atoms with Gasteiger partial charge in [0, 0.05) is 13.1 Å². The minimum Gasteiger partial charge on any atom is -0.593 e. The van der Waals surface area contributed by atoms with E-state index in [0.29, 0.717) is 30.7 Å². The molecule has 0 radical (unpaired) electrons. The van der Waals surface area contributed by atoms with Crippen LogP contribution in [0.5, 0.6) is 0 Å². The van der Waals surface area contributed by atoms with Crippen molar-refractivity contribution in [3.05, 3.63) is 53.3 Å². The van der Waals surface area contributed by atoms with E-state index >= 15 is 0 Å². The van der Waals surface area contributed by atoms with E-state index in [2.05, 4.69) is 11.9 Å². The summed E-state index contributed by atoms with van der Waals surface area (Å²) in [5, 5.41) is 9.46. The van der Waals surface area contributed by atoms with Crippen molar-refractivity contribution in [3.8, 4) is 0 Å². The first-order chi connectivity index (χ1) is 13.3. The van der Waals surface area contributed by atoms with Crippen LogP contribution in [0.3, 0.4) is 0 Å². The van der Waals surface area contributed by atoms with Gasteiger partial charge in [0.05, 0.1) is 18.4 Å². The molecule has 28 heavy (non-hydrogen) atoms. The van der Waals surface area contributed by atoms with Gasteiger partial charge in [-0.2, -0.15) is 4.31 Å². The molecule has 6 nitrogen and oxygen atoms in total. The van der Waals surface area contributed by atoms with Gasteiger partial charge in [0.1, 0.15) is 17.6 Å². The monoisotopic (exact) mass is 405 g/mol. The summed E-state index contributed by atoms with van der Waals surface area (Å²) < 4.78 is 27.7. The first kappa shape index (κ1) is 20.4. The summed E-state index contributed by atoms with van der Waals surface area (Å²) in [7, 11) is 1.43. The maximum absolute atomic E-state index is 14.7. The molecule has 0 aliphatic heterocycles. The van der Waals surface area contributed by atoms with Crippen molar-refractivity contribution in [3.63, 3.8) is 0 Å². The highest BCUT2D eigenvalue weighted by molar-refractivity contribution is 7.92. The van der Waals surface area contributed by atoms with Gasteiger partial charge in [0.15, 0.2) is 5.82 Å². The number of nitrogens with zero attached hydrogens (tertiary/aromatic N) is 3. The maximum atomic E-state index is 14.7. The molecule has 1 aromatic heterocycles. The summed E-state index contributed by atoms with van der Waals surface area (Å²) in [5.74, 6) is -1.12. The third-order valence-corrected chi connectivity index (χ3v) is 6.06. The number of benzene rings is 1. The smallest absolute Gasteiger partial charge is 0.338 e. The highest BCUT2D eigenvalue weighted by atomic mass is 32.2. The first-order valence-electron chi connectivity index (χ1n) is 9.08. The van der Waals surface area contributed by atoms with Gasteiger partial charge in [-0.05, 0) is 29.9 Å². The number of halogens is 1. The summed E-state index contributed by atoms with van der Waals surface area (Å²) in [6, 6.07) is 11.0. The van der Waals surface area contributed by atoms with Gasteiger partial charge >= 0.3 is 5.97 Å². The van der Waals surface area contributed by atoms with Crippen LogP contribution >= 0.6 is 0 Å². The van der Waals surface area contributed by atoms with Crippen molar-refractivity contribution in [2.45, 2.75) is 19.9 Å². The molecule has 1 aliphatic carbocycles. The Hall–Kier alpha value is -2.32. The van der Waals surface area contributed by atoms with E-state index in [1.54, 1.807) is 0 Å². The van der Waals surface area contributed by atoms with E-state index in [1.807, 2.05) is 35.2 Å². The number of pyridine rings is 1. The number of carboxylic acids is 1. The lowest BCUT2D eigenvalue weighted by Gasteiger charge is -2.26. The molecule has 8 heteroatoms. The summed E-state index contributed by atoms with van der Waals surface area (Å²) in [5.41, 5.74) is 0.576. The molecule has 1 aromatic carbocycles. The molecule has 3 unspecified atom stereocenters. The Morgan fingerprint density at radius 3 is 2.57 bits per heavy atom. The van der Waals surface area contributed by atoms with Crippen LogP contribution in [-0.4, -0.2) is 40.5 Å². The predicted octanol–water partition coefficient (Wildman–Crippen LogP) is 3.31. The molecule has 0 spiro atoms. The third-order valence-electron chi connectivity index (χ3n) is 5.11. The fourth-order valence-electron chi connectivity index (χ4n) is 3.13. The summed E-state index contributed by atoms with van der Waals surface area (Å²) in [4.78, 5) is 17.9. The first-order valence-corrected chi connectivity index (χ1v) is 10.6. The zero-order valence-electron chi connectivity index (χ0n) is 16.1. The number of aromatic carboxylic acids is 1. The number of hydrogen-bond donors (Lipinski definition) is 1. The average Bonchev–Trinajstić information content (AvgIpc) is 3.36. The van der Waals surface area contributed by atoms with Crippen LogP contribution in [0.15, 0.2) is 36.4 Å². The van der Waals surface area contributed by atoms with Gasteiger partial charge in [-0.1, -0.05) is 37.3 Å². The van der Waals surface area contributed by atoms with Crippen LogP contribution in [0.25, 0.3) is 0 Å². The average molecular weight is 405 g/mol.